The average Bonchev–Trinajstić information content (AvgIpc) is 3.05. The lowest BCUT2D eigenvalue weighted by Crippen LogP contribution is -2.37. The van der Waals surface area contributed by atoms with Crippen molar-refractivity contribution < 1.29 is 9.59 Å². The molecule has 1 heterocycles. The highest BCUT2D eigenvalue weighted by atomic mass is 16.2. The maximum absolute atomic E-state index is 14.1. The molecule has 0 bridgehead atoms. The van der Waals surface area contributed by atoms with Crippen LogP contribution in [0.3, 0.4) is 0 Å². The Kier molecular flexibility index (Phi) is 9.70. The molecule has 1 N–H and O–H groups in total. The molecule has 6 heteroatoms. The number of amides is 2. The molecule has 2 amide bonds. The molecule has 0 aliphatic rings. The second kappa shape index (κ2) is 14.0. The first-order chi connectivity index (χ1) is 21.4. The molecule has 44 heavy (non-hydrogen) atoms. The Balaban J connectivity index is 1.57. The number of pyridine rings is 1. The predicted molar refractivity (Wildman–Crippen MR) is 180 cm³/mol. The lowest BCUT2D eigenvalue weighted by atomic mass is 10.0. The van der Waals surface area contributed by atoms with Crippen LogP contribution in [0, 0.1) is 6.92 Å². The van der Waals surface area contributed by atoms with Crippen molar-refractivity contribution in [1.29, 1.82) is 0 Å². The fourth-order valence-corrected chi connectivity index (χ4v) is 5.53. The van der Waals surface area contributed by atoms with Gasteiger partial charge in [0.2, 0.25) is 5.91 Å². The Bertz CT molecular complexity index is 1830. The summed E-state index contributed by atoms with van der Waals surface area (Å²) in [5.74, 6) is -0.451. The van der Waals surface area contributed by atoms with Crippen LogP contribution in [0.15, 0.2) is 108 Å². The van der Waals surface area contributed by atoms with Crippen molar-refractivity contribution >= 4 is 34.1 Å². The Morgan fingerprint density at radius 3 is 2.27 bits per heavy atom. The molecule has 6 nitrogen and oxygen atoms in total. The quantitative estimate of drug-likeness (QED) is 0.171. The van der Waals surface area contributed by atoms with Crippen LogP contribution in [-0.2, 0) is 17.8 Å². The zero-order valence-corrected chi connectivity index (χ0v) is 25.7. The average molecular weight is 586 g/mol. The summed E-state index contributed by atoms with van der Waals surface area (Å²) in [6, 6.07) is 33.4. The number of aromatic nitrogens is 1. The minimum atomic E-state index is -0.366. The fourth-order valence-electron chi connectivity index (χ4n) is 5.53. The van der Waals surface area contributed by atoms with Gasteiger partial charge in [-0.15, -0.1) is 0 Å². The molecule has 0 saturated heterocycles. The SMILES string of the molecule is CCCCC(=O)Nc1cccc2c1cc(C(=O)N(CC)c1ccc(C)cc1)c(=O)n2CCc1cccc(-c2ccccc2)c1. The van der Waals surface area contributed by atoms with Gasteiger partial charge in [0.15, 0.2) is 0 Å². The second-order valence-electron chi connectivity index (χ2n) is 11.1. The van der Waals surface area contributed by atoms with Crippen LogP contribution < -0.4 is 15.8 Å². The summed E-state index contributed by atoms with van der Waals surface area (Å²) in [5.41, 5.74) is 6.14. The molecule has 224 valence electrons. The topological polar surface area (TPSA) is 71.4 Å². The third kappa shape index (κ3) is 6.81. The lowest BCUT2D eigenvalue weighted by molar-refractivity contribution is -0.116. The van der Waals surface area contributed by atoms with Crippen molar-refractivity contribution in [3.63, 3.8) is 0 Å². The largest absolute Gasteiger partial charge is 0.325 e. The molecule has 0 aliphatic carbocycles. The van der Waals surface area contributed by atoms with Gasteiger partial charge in [0.1, 0.15) is 5.56 Å². The van der Waals surface area contributed by atoms with Gasteiger partial charge in [0, 0.05) is 30.6 Å². The van der Waals surface area contributed by atoms with E-state index in [1.54, 1.807) is 15.5 Å². The van der Waals surface area contributed by atoms with Crippen LogP contribution in [0.2, 0.25) is 0 Å². The normalized spacial score (nSPS) is 11.0. The number of carbonyl (C=O) groups is 2. The van der Waals surface area contributed by atoms with E-state index in [1.807, 2.05) is 87.5 Å². The van der Waals surface area contributed by atoms with E-state index in [1.165, 1.54) is 0 Å². The summed E-state index contributed by atoms with van der Waals surface area (Å²) in [4.78, 5) is 42.6. The number of anilines is 2. The van der Waals surface area contributed by atoms with Gasteiger partial charge in [-0.3, -0.25) is 14.4 Å². The van der Waals surface area contributed by atoms with E-state index in [9.17, 15) is 14.4 Å². The number of hydrogen-bond donors (Lipinski definition) is 1. The number of nitrogens with one attached hydrogen (secondary N) is 1. The van der Waals surface area contributed by atoms with Gasteiger partial charge in [0.25, 0.3) is 11.5 Å². The van der Waals surface area contributed by atoms with Crippen LogP contribution in [-0.4, -0.2) is 22.9 Å². The van der Waals surface area contributed by atoms with E-state index in [0.29, 0.717) is 42.5 Å². The van der Waals surface area contributed by atoms with Gasteiger partial charge in [0.05, 0.1) is 11.2 Å². The molecule has 0 aliphatic heterocycles. The van der Waals surface area contributed by atoms with Crippen molar-refractivity contribution in [3.05, 3.63) is 130 Å². The summed E-state index contributed by atoms with van der Waals surface area (Å²) in [6.07, 6.45) is 2.70. The number of hydrogen-bond acceptors (Lipinski definition) is 3. The minimum absolute atomic E-state index is 0.0771. The summed E-state index contributed by atoms with van der Waals surface area (Å²) >= 11 is 0. The molecule has 1 aromatic heterocycles. The predicted octanol–water partition coefficient (Wildman–Crippen LogP) is 8.02. The molecular formula is C38H39N3O3. The Morgan fingerprint density at radius 1 is 0.818 bits per heavy atom. The van der Waals surface area contributed by atoms with E-state index < -0.39 is 0 Å². The summed E-state index contributed by atoms with van der Waals surface area (Å²) in [6.45, 7) is 6.72. The number of rotatable bonds is 11. The first-order valence-corrected chi connectivity index (χ1v) is 15.4. The third-order valence-electron chi connectivity index (χ3n) is 7.97. The molecule has 0 fully saturated rings. The van der Waals surface area contributed by atoms with Crippen LogP contribution in [0.1, 0.15) is 54.6 Å². The molecule has 5 rings (SSSR count). The highest BCUT2D eigenvalue weighted by Crippen LogP contribution is 2.26. The third-order valence-corrected chi connectivity index (χ3v) is 7.97. The van der Waals surface area contributed by atoms with Crippen molar-refractivity contribution in [2.75, 3.05) is 16.8 Å². The van der Waals surface area contributed by atoms with Crippen LogP contribution in [0.4, 0.5) is 11.4 Å². The number of benzene rings is 4. The molecular weight excluding hydrogens is 546 g/mol. The van der Waals surface area contributed by atoms with E-state index in [2.05, 4.69) is 35.6 Å². The molecule has 0 atom stereocenters. The molecule has 0 spiro atoms. The highest BCUT2D eigenvalue weighted by Gasteiger charge is 2.23. The lowest BCUT2D eigenvalue weighted by Gasteiger charge is -2.22. The fraction of sp³-hybridized carbons (Fsp3) is 0.237. The highest BCUT2D eigenvalue weighted by molar-refractivity contribution is 6.09. The van der Waals surface area contributed by atoms with Crippen LogP contribution >= 0.6 is 0 Å². The van der Waals surface area contributed by atoms with Crippen LogP contribution in [0.5, 0.6) is 0 Å². The number of carbonyl (C=O) groups excluding carboxylic acids is 2. The maximum Gasteiger partial charge on any atom is 0.263 e. The number of nitrogens with zero attached hydrogens (tertiary/aromatic N) is 2. The van der Waals surface area contributed by atoms with Gasteiger partial charge in [-0.05, 0) is 73.7 Å². The first kappa shape index (κ1) is 30.5. The van der Waals surface area contributed by atoms with Gasteiger partial charge >= 0.3 is 0 Å². The van der Waals surface area contributed by atoms with E-state index >= 15 is 0 Å². The zero-order chi connectivity index (χ0) is 31.1. The Labute approximate surface area is 259 Å². The maximum atomic E-state index is 14.1. The van der Waals surface area contributed by atoms with Crippen molar-refractivity contribution in [2.24, 2.45) is 0 Å². The first-order valence-electron chi connectivity index (χ1n) is 15.4. The molecule has 0 unspecified atom stereocenters. The molecule has 4 aromatic carbocycles. The van der Waals surface area contributed by atoms with E-state index in [-0.39, 0.29) is 22.9 Å². The number of unbranched alkanes of at least 4 members (excludes halogenated alkanes) is 1. The Hall–Kier alpha value is -4.97. The molecule has 0 radical (unpaired) electrons. The minimum Gasteiger partial charge on any atom is -0.325 e. The summed E-state index contributed by atoms with van der Waals surface area (Å²) in [7, 11) is 0. The molecule has 5 aromatic rings. The van der Waals surface area contributed by atoms with Gasteiger partial charge in [-0.2, -0.15) is 0 Å². The summed E-state index contributed by atoms with van der Waals surface area (Å²) < 4.78 is 1.68. The van der Waals surface area contributed by atoms with E-state index in [4.69, 9.17) is 0 Å². The smallest absolute Gasteiger partial charge is 0.263 e. The summed E-state index contributed by atoms with van der Waals surface area (Å²) in [5, 5.41) is 3.70. The standard InChI is InChI=1S/C38H39N3O3/c1-4-6-18-36(42)39-34-16-11-17-35-32(34)26-33(37(43)40(5-2)31-21-19-27(3)20-22-31)38(44)41(35)24-23-28-12-10-15-30(25-28)29-13-8-7-9-14-29/h7-17,19-22,25-26H,4-6,18,23-24H2,1-3H3,(H,39,42). The van der Waals surface area contributed by atoms with Crippen molar-refractivity contribution in [2.45, 2.75) is 53.0 Å². The van der Waals surface area contributed by atoms with Crippen LogP contribution in [0.25, 0.3) is 22.0 Å². The van der Waals surface area contributed by atoms with Gasteiger partial charge in [-0.1, -0.05) is 91.7 Å². The monoisotopic (exact) mass is 585 g/mol. The van der Waals surface area contributed by atoms with Crippen molar-refractivity contribution in [3.8, 4) is 11.1 Å². The molecule has 0 saturated carbocycles. The van der Waals surface area contributed by atoms with Crippen molar-refractivity contribution in [1.82, 2.24) is 4.57 Å². The second-order valence-corrected chi connectivity index (χ2v) is 11.1. The number of aryl methyl sites for hydroxylation is 3. The zero-order valence-electron chi connectivity index (χ0n) is 25.7. The Morgan fingerprint density at radius 2 is 1.55 bits per heavy atom. The van der Waals surface area contributed by atoms with E-state index in [0.717, 1.165) is 40.8 Å². The number of fused-ring (bicyclic) bond motifs is 1. The van der Waals surface area contributed by atoms with Gasteiger partial charge < -0.3 is 14.8 Å². The van der Waals surface area contributed by atoms with Gasteiger partial charge in [-0.25, -0.2) is 0 Å².